The van der Waals surface area contributed by atoms with E-state index in [9.17, 15) is 5.11 Å². The van der Waals surface area contributed by atoms with Crippen molar-refractivity contribution in [1.29, 1.82) is 0 Å². The first-order chi connectivity index (χ1) is 12.3. The van der Waals surface area contributed by atoms with Gasteiger partial charge < -0.3 is 33.5 Å². The molecule has 1 N–H and O–H groups in total. The lowest BCUT2D eigenvalue weighted by Crippen LogP contribution is -2.72. The normalized spacial score (nSPS) is 44.8. The zero-order valence-electron chi connectivity index (χ0n) is 15.5. The number of ether oxygens (including phenoxy) is 6. The maximum Gasteiger partial charge on any atom is 0.194 e. The smallest absolute Gasteiger partial charge is 0.194 e. The van der Waals surface area contributed by atoms with Crippen molar-refractivity contribution < 1.29 is 33.5 Å². The number of methoxy groups -OCH3 is 1. The zero-order valence-corrected chi connectivity index (χ0v) is 15.5. The molecule has 0 radical (unpaired) electrons. The molecule has 0 aliphatic carbocycles. The number of aliphatic hydroxyl groups excluding tert-OH is 1. The molecular weight excluding hydrogens is 340 g/mol. The first-order valence-corrected chi connectivity index (χ1v) is 8.91. The fraction of sp³-hybridized carbons (Fsp3) is 0.684. The van der Waals surface area contributed by atoms with Gasteiger partial charge in [0.25, 0.3) is 0 Å². The van der Waals surface area contributed by atoms with Gasteiger partial charge in [-0.05, 0) is 20.8 Å². The van der Waals surface area contributed by atoms with E-state index in [0.29, 0.717) is 6.61 Å². The van der Waals surface area contributed by atoms with Crippen molar-refractivity contribution in [3.63, 3.8) is 0 Å². The van der Waals surface area contributed by atoms with Gasteiger partial charge in [-0.25, -0.2) is 0 Å². The summed E-state index contributed by atoms with van der Waals surface area (Å²) in [6.07, 6.45) is -3.74. The summed E-state index contributed by atoms with van der Waals surface area (Å²) in [6, 6.07) is 9.71. The monoisotopic (exact) mass is 366 g/mol. The molecule has 3 aliphatic rings. The summed E-state index contributed by atoms with van der Waals surface area (Å²) in [4.78, 5) is 0. The molecule has 3 saturated heterocycles. The lowest BCUT2D eigenvalue weighted by molar-refractivity contribution is -0.451. The van der Waals surface area contributed by atoms with Gasteiger partial charge in [-0.3, -0.25) is 0 Å². The number of fused-ring (bicyclic) bond motifs is 3. The van der Waals surface area contributed by atoms with Crippen LogP contribution < -0.4 is 0 Å². The Bertz CT molecular complexity index is 636. The maximum absolute atomic E-state index is 10.4. The highest BCUT2D eigenvalue weighted by molar-refractivity contribution is 5.17. The van der Waals surface area contributed by atoms with Gasteiger partial charge >= 0.3 is 0 Å². The third-order valence-corrected chi connectivity index (χ3v) is 5.65. The molecule has 7 heteroatoms. The summed E-state index contributed by atoms with van der Waals surface area (Å²) in [5, 5.41) is 10.4. The Balaban J connectivity index is 1.60. The molecule has 3 aliphatic heterocycles. The minimum Gasteiger partial charge on any atom is -0.366 e. The van der Waals surface area contributed by atoms with Crippen molar-refractivity contribution in [2.75, 3.05) is 13.7 Å². The molecule has 0 amide bonds. The highest BCUT2D eigenvalue weighted by Crippen LogP contribution is 2.45. The van der Waals surface area contributed by atoms with Gasteiger partial charge in [0.05, 0.1) is 6.61 Å². The third kappa shape index (κ3) is 2.88. The van der Waals surface area contributed by atoms with Crippen molar-refractivity contribution in [2.24, 2.45) is 0 Å². The molecule has 7 atom stereocenters. The minimum absolute atomic E-state index is 0.301. The first-order valence-electron chi connectivity index (χ1n) is 8.91. The van der Waals surface area contributed by atoms with Gasteiger partial charge in [0, 0.05) is 12.7 Å². The van der Waals surface area contributed by atoms with Crippen LogP contribution in [0, 0.1) is 0 Å². The minimum atomic E-state index is -1.15. The van der Waals surface area contributed by atoms with Crippen LogP contribution in [0.15, 0.2) is 30.3 Å². The van der Waals surface area contributed by atoms with Crippen LogP contribution in [0.3, 0.4) is 0 Å². The van der Waals surface area contributed by atoms with Crippen LogP contribution in [-0.2, 0) is 28.4 Å². The van der Waals surface area contributed by atoms with Gasteiger partial charge in [-0.15, -0.1) is 0 Å². The summed E-state index contributed by atoms with van der Waals surface area (Å²) in [5.74, 6) is -1.02. The second kappa shape index (κ2) is 6.53. The predicted octanol–water partition coefficient (Wildman–Crippen LogP) is 1.74. The van der Waals surface area contributed by atoms with Crippen LogP contribution in [0.2, 0.25) is 0 Å². The number of hydrogen-bond acceptors (Lipinski definition) is 7. The largest absolute Gasteiger partial charge is 0.366 e. The average Bonchev–Trinajstić information content (AvgIpc) is 2.64. The van der Waals surface area contributed by atoms with Gasteiger partial charge in [-0.1, -0.05) is 30.3 Å². The van der Waals surface area contributed by atoms with Crippen molar-refractivity contribution in [3.8, 4) is 0 Å². The van der Waals surface area contributed by atoms with E-state index in [-0.39, 0.29) is 0 Å². The van der Waals surface area contributed by atoms with Crippen molar-refractivity contribution in [2.45, 2.75) is 69.2 Å². The lowest BCUT2D eigenvalue weighted by atomic mass is 9.90. The second-order valence-electron chi connectivity index (χ2n) is 7.57. The van der Waals surface area contributed by atoms with E-state index in [1.807, 2.05) is 44.2 Å². The van der Waals surface area contributed by atoms with Crippen molar-refractivity contribution >= 4 is 0 Å². The van der Waals surface area contributed by atoms with Gasteiger partial charge in [0.2, 0.25) is 0 Å². The zero-order chi connectivity index (χ0) is 18.5. The molecular formula is C19H26O7. The van der Waals surface area contributed by atoms with Gasteiger partial charge in [0.1, 0.15) is 30.0 Å². The van der Waals surface area contributed by atoms with Crippen molar-refractivity contribution in [1.82, 2.24) is 0 Å². The molecule has 0 aromatic heterocycles. The quantitative estimate of drug-likeness (QED) is 0.854. The Morgan fingerprint density at radius 1 is 1.00 bits per heavy atom. The van der Waals surface area contributed by atoms with E-state index in [4.69, 9.17) is 28.4 Å². The second-order valence-corrected chi connectivity index (χ2v) is 7.57. The molecule has 1 aromatic rings. The van der Waals surface area contributed by atoms with Crippen LogP contribution in [-0.4, -0.2) is 60.9 Å². The van der Waals surface area contributed by atoms with E-state index in [2.05, 4.69) is 0 Å². The maximum atomic E-state index is 10.4. The highest BCUT2D eigenvalue weighted by atomic mass is 16.8. The van der Waals surface area contributed by atoms with Gasteiger partial charge in [-0.2, -0.15) is 0 Å². The SMILES string of the molecule is CO[C@]1(C)O[C@H]2C(O)O[C@@H]3COC(c4ccccc4)O[C@H]3[C@@H]2OC1(C)C. The number of rotatable bonds is 2. The van der Waals surface area contributed by atoms with Crippen molar-refractivity contribution in [3.05, 3.63) is 35.9 Å². The molecule has 3 fully saturated rings. The van der Waals surface area contributed by atoms with Crippen LogP contribution >= 0.6 is 0 Å². The Kier molecular flexibility index (Phi) is 4.60. The summed E-state index contributed by atoms with van der Waals surface area (Å²) in [5.41, 5.74) is 0.181. The van der Waals surface area contributed by atoms with E-state index in [1.54, 1.807) is 14.0 Å². The van der Waals surface area contributed by atoms with E-state index < -0.39 is 48.4 Å². The molecule has 7 nitrogen and oxygen atoms in total. The Morgan fingerprint density at radius 3 is 2.42 bits per heavy atom. The molecule has 1 aromatic carbocycles. The fourth-order valence-electron chi connectivity index (χ4n) is 3.75. The number of benzene rings is 1. The molecule has 26 heavy (non-hydrogen) atoms. The average molecular weight is 366 g/mol. The standard InChI is InChI=1S/C19H26O7/c1-18(2)19(3,21-4)26-15-14(25-18)13-12(23-16(15)20)10-22-17(24-13)11-8-6-5-7-9-11/h5-9,12-17,20H,10H2,1-4H3/t12-,13-,14+,15-,16?,17?,19-/m1/s1. The fourth-order valence-corrected chi connectivity index (χ4v) is 3.75. The summed E-state index contributed by atoms with van der Waals surface area (Å²) >= 11 is 0. The number of aliphatic hydroxyl groups is 1. The third-order valence-electron chi connectivity index (χ3n) is 5.65. The first kappa shape index (κ1) is 18.3. The Labute approximate surface area is 153 Å². The van der Waals surface area contributed by atoms with E-state index >= 15 is 0 Å². The van der Waals surface area contributed by atoms with E-state index in [1.165, 1.54) is 0 Å². The van der Waals surface area contributed by atoms with Crippen LogP contribution in [0.5, 0.6) is 0 Å². The Hall–Kier alpha value is -1.06. The van der Waals surface area contributed by atoms with E-state index in [0.717, 1.165) is 5.56 Å². The predicted molar refractivity (Wildman–Crippen MR) is 90.1 cm³/mol. The molecule has 0 spiro atoms. The van der Waals surface area contributed by atoms with Gasteiger partial charge in [0.15, 0.2) is 18.4 Å². The summed E-state index contributed by atoms with van der Waals surface area (Å²) < 4.78 is 35.7. The molecule has 2 unspecified atom stereocenters. The molecule has 3 heterocycles. The summed E-state index contributed by atoms with van der Waals surface area (Å²) in [7, 11) is 1.56. The topological polar surface area (TPSA) is 75.6 Å². The van der Waals surface area contributed by atoms with Crippen LogP contribution in [0.25, 0.3) is 0 Å². The lowest BCUT2D eigenvalue weighted by Gasteiger charge is -2.57. The molecule has 144 valence electrons. The van der Waals surface area contributed by atoms with Crippen LogP contribution in [0.1, 0.15) is 32.6 Å². The molecule has 4 rings (SSSR count). The molecule has 0 saturated carbocycles. The number of hydrogen-bond donors (Lipinski definition) is 1. The molecule has 0 bridgehead atoms. The van der Waals surface area contributed by atoms with Crippen LogP contribution in [0.4, 0.5) is 0 Å². The summed E-state index contributed by atoms with van der Waals surface area (Å²) in [6.45, 7) is 5.89. The highest BCUT2D eigenvalue weighted by Gasteiger charge is 2.61. The Morgan fingerprint density at radius 2 is 1.73 bits per heavy atom.